The van der Waals surface area contributed by atoms with Gasteiger partial charge in [-0.25, -0.2) is 9.18 Å². The number of nitrogen functional groups attached to an aromatic ring is 1. The zero-order valence-electron chi connectivity index (χ0n) is 8.02. The molecule has 0 aliphatic rings. The highest BCUT2D eigenvalue weighted by Gasteiger charge is 2.06. The highest BCUT2D eigenvalue weighted by molar-refractivity contribution is 6.30. The number of anilines is 1. The first-order valence-corrected chi connectivity index (χ1v) is 4.76. The summed E-state index contributed by atoms with van der Waals surface area (Å²) < 4.78 is 14.2. The van der Waals surface area contributed by atoms with Crippen molar-refractivity contribution in [1.82, 2.24) is 9.55 Å². The third-order valence-corrected chi connectivity index (χ3v) is 2.27. The van der Waals surface area contributed by atoms with Crippen LogP contribution in [0.25, 0.3) is 5.69 Å². The van der Waals surface area contributed by atoms with E-state index in [-0.39, 0.29) is 0 Å². The van der Waals surface area contributed by atoms with Crippen molar-refractivity contribution < 1.29 is 4.39 Å². The Labute approximate surface area is 95.1 Å². The summed E-state index contributed by atoms with van der Waals surface area (Å²) in [5.41, 5.74) is 5.01. The largest absolute Gasteiger partial charge is 0.381 e. The molecule has 0 saturated heterocycles. The minimum atomic E-state index is -0.741. The summed E-state index contributed by atoms with van der Waals surface area (Å²) in [5, 5.41) is 0.528. The fourth-order valence-electron chi connectivity index (χ4n) is 1.23. The van der Waals surface area contributed by atoms with Gasteiger partial charge in [0, 0.05) is 5.02 Å². The van der Waals surface area contributed by atoms with E-state index in [9.17, 15) is 9.18 Å². The molecule has 2 rings (SSSR count). The molecule has 0 radical (unpaired) electrons. The summed E-state index contributed by atoms with van der Waals surface area (Å²) in [7, 11) is 0. The molecule has 4 nitrogen and oxygen atoms in total. The first-order valence-electron chi connectivity index (χ1n) is 4.38. The molecular weight excluding hydrogens is 233 g/mol. The highest BCUT2D eigenvalue weighted by Crippen LogP contribution is 2.12. The van der Waals surface area contributed by atoms with Gasteiger partial charge >= 0.3 is 5.69 Å². The predicted octanol–water partition coefficient (Wildman–Crippen LogP) is 1.61. The minimum Gasteiger partial charge on any atom is -0.381 e. The summed E-state index contributed by atoms with van der Waals surface area (Å²) in [6.45, 7) is 0. The first kappa shape index (κ1) is 10.6. The molecule has 0 unspecified atom stereocenters. The van der Waals surface area contributed by atoms with Crippen LogP contribution in [0.2, 0.25) is 5.02 Å². The number of nitrogens with two attached hydrogens (primary N) is 1. The lowest BCUT2D eigenvalue weighted by Crippen LogP contribution is -2.23. The van der Waals surface area contributed by atoms with Crippen molar-refractivity contribution >= 4 is 17.4 Å². The van der Waals surface area contributed by atoms with Gasteiger partial charge in [0.2, 0.25) is 0 Å². The second-order valence-corrected chi connectivity index (χ2v) is 3.54. The van der Waals surface area contributed by atoms with Gasteiger partial charge in [-0.05, 0) is 24.3 Å². The maximum Gasteiger partial charge on any atom is 0.354 e. The fourth-order valence-corrected chi connectivity index (χ4v) is 1.36. The number of nitrogens with zero attached hydrogens (tertiary/aromatic N) is 2. The maximum atomic E-state index is 13.2. The standard InChI is InChI=1S/C10H7ClFN3O/c11-6-1-3-7(4-2-6)15-5-8(12)9(13)14-10(15)16/h1-5H,(H2,13,14,16). The molecule has 1 heterocycles. The van der Waals surface area contributed by atoms with E-state index >= 15 is 0 Å². The van der Waals surface area contributed by atoms with Crippen molar-refractivity contribution in [3.05, 3.63) is 51.8 Å². The van der Waals surface area contributed by atoms with Crippen molar-refractivity contribution in [3.8, 4) is 5.69 Å². The lowest BCUT2D eigenvalue weighted by Gasteiger charge is -2.05. The summed E-state index contributed by atoms with van der Waals surface area (Å²) in [6, 6.07) is 6.36. The van der Waals surface area contributed by atoms with Crippen LogP contribution in [0.4, 0.5) is 10.2 Å². The average molecular weight is 240 g/mol. The molecule has 0 saturated carbocycles. The molecule has 0 amide bonds. The van der Waals surface area contributed by atoms with Crippen molar-refractivity contribution in [1.29, 1.82) is 0 Å². The van der Waals surface area contributed by atoms with E-state index in [1.807, 2.05) is 0 Å². The topological polar surface area (TPSA) is 60.9 Å². The quantitative estimate of drug-likeness (QED) is 0.822. The van der Waals surface area contributed by atoms with Crippen LogP contribution in [-0.2, 0) is 0 Å². The highest BCUT2D eigenvalue weighted by atomic mass is 35.5. The summed E-state index contributed by atoms with van der Waals surface area (Å²) in [5.74, 6) is -1.15. The zero-order valence-corrected chi connectivity index (χ0v) is 8.78. The number of rotatable bonds is 1. The summed E-state index contributed by atoms with van der Waals surface area (Å²) in [4.78, 5) is 14.8. The van der Waals surface area contributed by atoms with Gasteiger partial charge in [-0.2, -0.15) is 4.98 Å². The van der Waals surface area contributed by atoms with Crippen molar-refractivity contribution in [2.75, 3.05) is 5.73 Å². The van der Waals surface area contributed by atoms with E-state index in [0.717, 1.165) is 10.8 Å². The van der Waals surface area contributed by atoms with Gasteiger partial charge in [0.1, 0.15) is 0 Å². The van der Waals surface area contributed by atoms with Crippen LogP contribution in [-0.4, -0.2) is 9.55 Å². The van der Waals surface area contributed by atoms with Crippen LogP contribution in [0, 0.1) is 5.82 Å². The Kier molecular flexibility index (Phi) is 2.62. The SMILES string of the molecule is Nc1nc(=O)n(-c2ccc(Cl)cc2)cc1F. The monoisotopic (exact) mass is 239 g/mol. The molecule has 6 heteroatoms. The zero-order chi connectivity index (χ0) is 11.7. The number of hydrogen-bond acceptors (Lipinski definition) is 3. The van der Waals surface area contributed by atoms with Gasteiger partial charge in [-0.3, -0.25) is 4.57 Å². The lowest BCUT2D eigenvalue weighted by molar-refractivity contribution is 0.607. The van der Waals surface area contributed by atoms with Gasteiger partial charge in [0.25, 0.3) is 0 Å². The molecule has 0 aliphatic heterocycles. The number of halogens is 2. The second-order valence-electron chi connectivity index (χ2n) is 3.10. The molecule has 1 aromatic carbocycles. The Morgan fingerprint density at radius 1 is 1.31 bits per heavy atom. The minimum absolute atomic E-state index is 0.407. The molecule has 0 spiro atoms. The van der Waals surface area contributed by atoms with Gasteiger partial charge in [0.05, 0.1) is 11.9 Å². The van der Waals surface area contributed by atoms with E-state index in [4.69, 9.17) is 17.3 Å². The Bertz CT molecular complexity index is 580. The Morgan fingerprint density at radius 2 is 1.94 bits per heavy atom. The number of aromatic nitrogens is 2. The molecule has 0 atom stereocenters. The predicted molar refractivity (Wildman–Crippen MR) is 59.2 cm³/mol. The van der Waals surface area contributed by atoms with E-state index in [2.05, 4.69) is 4.98 Å². The van der Waals surface area contributed by atoms with Gasteiger partial charge in [-0.1, -0.05) is 11.6 Å². The maximum absolute atomic E-state index is 13.2. The molecule has 0 aliphatic carbocycles. The smallest absolute Gasteiger partial charge is 0.354 e. The van der Waals surface area contributed by atoms with Crippen molar-refractivity contribution in [2.24, 2.45) is 0 Å². The van der Waals surface area contributed by atoms with Crippen molar-refractivity contribution in [2.45, 2.75) is 0 Å². The Balaban J connectivity index is 2.60. The second kappa shape index (κ2) is 3.94. The average Bonchev–Trinajstić information content (AvgIpc) is 2.25. The Morgan fingerprint density at radius 3 is 2.56 bits per heavy atom. The van der Waals surface area contributed by atoms with Crippen LogP contribution in [0.15, 0.2) is 35.3 Å². The molecule has 82 valence electrons. The Hall–Kier alpha value is -1.88. The third-order valence-electron chi connectivity index (χ3n) is 2.01. The number of hydrogen-bond donors (Lipinski definition) is 1. The summed E-state index contributed by atoms with van der Waals surface area (Å²) in [6.07, 6.45) is 0.994. The van der Waals surface area contributed by atoms with Gasteiger partial charge in [-0.15, -0.1) is 0 Å². The van der Waals surface area contributed by atoms with E-state index in [1.165, 1.54) is 0 Å². The molecule has 0 bridgehead atoms. The van der Waals surface area contributed by atoms with E-state index in [0.29, 0.717) is 10.7 Å². The lowest BCUT2D eigenvalue weighted by atomic mass is 10.3. The van der Waals surface area contributed by atoms with Crippen LogP contribution >= 0.6 is 11.6 Å². The van der Waals surface area contributed by atoms with E-state index in [1.54, 1.807) is 24.3 Å². The van der Waals surface area contributed by atoms with Crippen LogP contribution < -0.4 is 11.4 Å². The number of benzene rings is 1. The molecule has 2 aromatic rings. The van der Waals surface area contributed by atoms with E-state index < -0.39 is 17.3 Å². The molecule has 16 heavy (non-hydrogen) atoms. The third kappa shape index (κ3) is 1.90. The van der Waals surface area contributed by atoms with Crippen LogP contribution in [0.1, 0.15) is 0 Å². The molecular formula is C10H7ClFN3O. The van der Waals surface area contributed by atoms with Crippen molar-refractivity contribution in [3.63, 3.8) is 0 Å². The molecule has 2 N–H and O–H groups in total. The summed E-state index contributed by atoms with van der Waals surface area (Å²) >= 11 is 5.70. The first-order chi connectivity index (χ1) is 7.58. The van der Waals surface area contributed by atoms with Gasteiger partial charge in [0.15, 0.2) is 11.6 Å². The van der Waals surface area contributed by atoms with Crippen LogP contribution in [0.3, 0.4) is 0 Å². The fraction of sp³-hybridized carbons (Fsp3) is 0. The van der Waals surface area contributed by atoms with Crippen LogP contribution in [0.5, 0.6) is 0 Å². The molecule has 0 fully saturated rings. The molecule has 1 aromatic heterocycles. The van der Waals surface area contributed by atoms with Gasteiger partial charge < -0.3 is 5.73 Å². The normalized spacial score (nSPS) is 10.4.